The normalized spacial score (nSPS) is 19.0. The highest BCUT2D eigenvalue weighted by molar-refractivity contribution is 7.89. The molecule has 2 heterocycles. The van der Waals surface area contributed by atoms with Gasteiger partial charge in [-0.25, -0.2) is 27.3 Å². The van der Waals surface area contributed by atoms with Crippen LogP contribution in [0.15, 0.2) is 35.2 Å². The van der Waals surface area contributed by atoms with Gasteiger partial charge in [-0.1, -0.05) is 30.3 Å². The average Bonchev–Trinajstić information content (AvgIpc) is 3.58. The van der Waals surface area contributed by atoms with E-state index in [0.29, 0.717) is 40.8 Å². The minimum absolute atomic E-state index is 0.0321. The third-order valence-corrected chi connectivity index (χ3v) is 13.4. The number of nitrogens with two attached hydrogens (primary N) is 1. The summed E-state index contributed by atoms with van der Waals surface area (Å²) in [4.78, 5) is 95.4. The highest BCUT2D eigenvalue weighted by Gasteiger charge is 2.39. The number of urea groups is 1. The van der Waals surface area contributed by atoms with Crippen LogP contribution in [0.3, 0.4) is 0 Å². The van der Waals surface area contributed by atoms with E-state index in [1.807, 2.05) is 13.8 Å². The van der Waals surface area contributed by atoms with Crippen molar-refractivity contribution in [2.75, 3.05) is 19.6 Å². The topological polar surface area (TPSA) is 310 Å². The molecule has 0 bridgehead atoms. The van der Waals surface area contributed by atoms with E-state index in [2.05, 4.69) is 32.0 Å². The van der Waals surface area contributed by atoms with E-state index in [0.717, 1.165) is 14.9 Å². The monoisotopic (exact) mass is 1010 g/mol. The summed E-state index contributed by atoms with van der Waals surface area (Å²) in [6.07, 6.45) is -0.790. The standard InChI is InChI=1S/C48H72N10O12S/c1-28-29(2)39(30(3)32-25-48(10,11)69-38(28)32)71(66,67)58(43(49)50)23-17-21-33-40(61)52-26-36(59)53-35(24-37(60)68-46(4,5)6)42(63)56-57(27-31-18-13-12-14-19-31)44(64)55-34(41(62)54-33)20-15-16-22-51-45(65)70-47(7,8)9/h12-14,18-19,33-35H,15-17,20-27H2,1-11H3,(H3,49,50)(H,51,65)(H,52,61)(H,53,59)(H,54,62)(H,55,64)(H,56,63)/t33-,34-,35-/m0/s1. The summed E-state index contributed by atoms with van der Waals surface area (Å²) in [7, 11) is -4.49. The number of hydrogen-bond donors (Lipinski definition) is 8. The van der Waals surface area contributed by atoms with Crippen LogP contribution in [0.5, 0.6) is 5.75 Å². The van der Waals surface area contributed by atoms with Gasteiger partial charge in [-0.15, -0.1) is 0 Å². The van der Waals surface area contributed by atoms with Crippen molar-refractivity contribution in [3.8, 4) is 5.75 Å². The number of benzene rings is 2. The number of carbonyl (C=O) groups excluding carboxylic acids is 7. The molecular formula is C48H72N10O12S. The number of guanidine groups is 1. The van der Waals surface area contributed by atoms with Gasteiger partial charge < -0.3 is 46.5 Å². The van der Waals surface area contributed by atoms with Crippen molar-refractivity contribution < 1.29 is 56.2 Å². The van der Waals surface area contributed by atoms with E-state index in [4.69, 9.17) is 25.4 Å². The molecule has 2 aromatic carbocycles. The molecule has 4 rings (SSSR count). The summed E-state index contributed by atoms with van der Waals surface area (Å²) in [5.41, 5.74) is 8.90. The molecular weight excluding hydrogens is 941 g/mol. The van der Waals surface area contributed by atoms with Gasteiger partial charge in [0.1, 0.15) is 40.7 Å². The summed E-state index contributed by atoms with van der Waals surface area (Å²) in [6, 6.07) is 3.08. The van der Waals surface area contributed by atoms with Crippen LogP contribution in [0, 0.1) is 26.2 Å². The first kappa shape index (κ1) is 56.9. The van der Waals surface area contributed by atoms with Crippen LogP contribution in [0.2, 0.25) is 0 Å². The van der Waals surface area contributed by atoms with Crippen LogP contribution in [-0.2, 0) is 56.4 Å². The predicted molar refractivity (Wildman–Crippen MR) is 262 cm³/mol. The van der Waals surface area contributed by atoms with Gasteiger partial charge in [0.2, 0.25) is 23.7 Å². The predicted octanol–water partition coefficient (Wildman–Crippen LogP) is 3.13. The van der Waals surface area contributed by atoms with Gasteiger partial charge in [-0.05, 0) is 131 Å². The maximum atomic E-state index is 14.5. The summed E-state index contributed by atoms with van der Waals surface area (Å²) in [5.74, 6) is -4.70. The van der Waals surface area contributed by atoms with Crippen molar-refractivity contribution in [2.24, 2.45) is 5.73 Å². The first-order chi connectivity index (χ1) is 32.9. The number of rotatable bonds is 15. The SMILES string of the molecule is Cc1c(C)c(S(=O)(=O)N(CCC[C@@H]2NC(=O)[C@H](CCCCNC(=O)OC(C)(C)C)NC(=O)N(Cc3ccccc3)NC(=O)[C@H](CC(=O)OC(C)(C)C)NC(=O)CNC2=O)C(=N)N)c(C)c2c1OC(C)(C)C2. The van der Waals surface area contributed by atoms with E-state index in [1.165, 1.54) is 0 Å². The minimum atomic E-state index is -4.49. The third-order valence-electron chi connectivity index (χ3n) is 11.3. The fraction of sp³-hybridized carbons (Fsp3) is 0.583. The number of fused-ring (bicyclic) bond motifs is 1. The Balaban J connectivity index is 1.68. The van der Waals surface area contributed by atoms with Crippen LogP contribution in [0.1, 0.15) is 122 Å². The molecule has 0 aliphatic carbocycles. The molecule has 7 amide bonds. The fourth-order valence-electron chi connectivity index (χ4n) is 8.00. The lowest BCUT2D eigenvalue weighted by Crippen LogP contribution is -2.59. The number of sulfonamides is 1. The molecule has 9 N–H and O–H groups in total. The zero-order valence-electron chi connectivity index (χ0n) is 42.7. The second-order valence-corrected chi connectivity index (χ2v) is 22.1. The first-order valence-corrected chi connectivity index (χ1v) is 25.0. The second-order valence-electron chi connectivity index (χ2n) is 20.3. The lowest BCUT2D eigenvalue weighted by molar-refractivity contribution is -0.157. The maximum Gasteiger partial charge on any atom is 0.407 e. The van der Waals surface area contributed by atoms with Gasteiger partial charge in [-0.3, -0.25) is 34.8 Å². The number of nitrogens with zero attached hydrogens (tertiary/aromatic N) is 2. The largest absolute Gasteiger partial charge is 0.487 e. The lowest BCUT2D eigenvalue weighted by Gasteiger charge is -2.29. The Labute approximate surface area is 416 Å². The zero-order valence-corrected chi connectivity index (χ0v) is 43.5. The first-order valence-electron chi connectivity index (χ1n) is 23.6. The molecule has 0 aromatic heterocycles. The van der Waals surface area contributed by atoms with Gasteiger partial charge in [0, 0.05) is 25.1 Å². The molecule has 1 saturated heterocycles. The Bertz CT molecular complexity index is 2450. The minimum Gasteiger partial charge on any atom is -0.487 e. The van der Waals surface area contributed by atoms with Gasteiger partial charge in [0.25, 0.3) is 15.9 Å². The number of esters is 1. The zero-order chi connectivity index (χ0) is 53.2. The van der Waals surface area contributed by atoms with E-state index in [9.17, 15) is 42.0 Å². The third kappa shape index (κ3) is 16.5. The number of nitrogens with one attached hydrogen (secondary N) is 7. The molecule has 2 aromatic rings. The molecule has 1 fully saturated rings. The molecule has 2 aliphatic rings. The van der Waals surface area contributed by atoms with E-state index in [-0.39, 0.29) is 43.7 Å². The van der Waals surface area contributed by atoms with Crippen LogP contribution < -0.4 is 42.5 Å². The molecule has 3 atom stereocenters. The van der Waals surface area contributed by atoms with Crippen molar-refractivity contribution in [1.82, 2.24) is 41.3 Å². The average molecular weight is 1010 g/mol. The lowest BCUT2D eigenvalue weighted by atomic mass is 9.94. The van der Waals surface area contributed by atoms with E-state index < -0.39 is 112 Å². The number of unbranched alkanes of at least 4 members (excludes halogenated alkanes) is 1. The van der Waals surface area contributed by atoms with E-state index in [1.54, 1.807) is 92.6 Å². The number of amides is 7. The molecule has 23 heteroatoms. The fourth-order valence-corrected chi connectivity index (χ4v) is 9.90. The highest BCUT2D eigenvalue weighted by atomic mass is 32.2. The molecule has 0 saturated carbocycles. The van der Waals surface area contributed by atoms with Crippen molar-refractivity contribution >= 4 is 57.7 Å². The Kier molecular flexibility index (Phi) is 18.9. The quantitative estimate of drug-likeness (QED) is 0.0551. The molecule has 22 nitrogen and oxygen atoms in total. The van der Waals surface area contributed by atoms with Crippen molar-refractivity contribution in [1.29, 1.82) is 5.41 Å². The Morgan fingerprint density at radius 1 is 0.845 bits per heavy atom. The summed E-state index contributed by atoms with van der Waals surface area (Å²) in [5, 5.41) is 22.1. The number of ether oxygens (including phenoxy) is 3. The molecule has 0 radical (unpaired) electrons. The van der Waals surface area contributed by atoms with Gasteiger partial charge in [0.15, 0.2) is 0 Å². The highest BCUT2D eigenvalue weighted by Crippen LogP contribution is 2.44. The van der Waals surface area contributed by atoms with Crippen molar-refractivity contribution in [3.05, 3.63) is 58.1 Å². The molecule has 2 aliphatic heterocycles. The Morgan fingerprint density at radius 3 is 2.08 bits per heavy atom. The molecule has 71 heavy (non-hydrogen) atoms. The summed E-state index contributed by atoms with van der Waals surface area (Å²) in [6.45, 7) is 17.6. The van der Waals surface area contributed by atoms with Crippen LogP contribution in [-0.4, -0.2) is 120 Å². The smallest absolute Gasteiger partial charge is 0.407 e. The van der Waals surface area contributed by atoms with Gasteiger partial charge >= 0.3 is 18.1 Å². The maximum absolute atomic E-state index is 14.5. The van der Waals surface area contributed by atoms with Gasteiger partial charge in [-0.2, -0.15) is 0 Å². The Morgan fingerprint density at radius 2 is 1.46 bits per heavy atom. The van der Waals surface area contributed by atoms with Crippen LogP contribution >= 0.6 is 0 Å². The number of hydrogen-bond acceptors (Lipinski definition) is 13. The number of hydrazine groups is 1. The molecule has 0 spiro atoms. The number of carbonyl (C=O) groups is 7. The number of alkyl carbamates (subject to hydrolysis) is 1. The van der Waals surface area contributed by atoms with Crippen molar-refractivity contribution in [3.63, 3.8) is 0 Å². The molecule has 0 unspecified atom stereocenters. The summed E-state index contributed by atoms with van der Waals surface area (Å²) < 4.78 is 46.6. The van der Waals surface area contributed by atoms with Gasteiger partial charge in [0.05, 0.1) is 24.4 Å². The van der Waals surface area contributed by atoms with Crippen LogP contribution in [0.4, 0.5) is 9.59 Å². The summed E-state index contributed by atoms with van der Waals surface area (Å²) >= 11 is 0. The van der Waals surface area contributed by atoms with E-state index >= 15 is 0 Å². The van der Waals surface area contributed by atoms with Crippen molar-refractivity contribution in [2.45, 2.75) is 167 Å². The second kappa shape index (κ2) is 23.5. The van der Waals surface area contributed by atoms with Crippen LogP contribution in [0.25, 0.3) is 0 Å². The Hall–Kier alpha value is -6.65. The molecule has 392 valence electrons.